The van der Waals surface area contributed by atoms with E-state index in [1.54, 1.807) is 0 Å². The lowest BCUT2D eigenvalue weighted by Gasteiger charge is -2.25. The highest BCUT2D eigenvalue weighted by Gasteiger charge is 2.22. The molecule has 0 fully saturated rings. The molecule has 0 nitrogen and oxygen atoms in total. The van der Waals surface area contributed by atoms with Crippen LogP contribution in [0.15, 0.2) is 158 Å². The van der Waals surface area contributed by atoms with Crippen LogP contribution in [0, 0.1) is 0 Å². The minimum Gasteiger partial charge on any atom is -0.0622 e. The van der Waals surface area contributed by atoms with Crippen LogP contribution in [0.2, 0.25) is 0 Å². The normalized spacial score (nSPS) is 12.8. The van der Waals surface area contributed by atoms with Gasteiger partial charge in [-0.3, -0.25) is 0 Å². The minimum absolute atomic E-state index is 0.478. The molecule has 4 aliphatic rings. The topological polar surface area (TPSA) is 0 Å². The van der Waals surface area contributed by atoms with Gasteiger partial charge in [0, 0.05) is 6.16 Å². The second-order valence-electron chi connectivity index (χ2n) is 11.3. The molecule has 0 spiro atoms. The van der Waals surface area contributed by atoms with Crippen molar-refractivity contribution in [3.63, 3.8) is 0 Å². The van der Waals surface area contributed by atoms with Crippen LogP contribution in [0.25, 0.3) is 0 Å². The molecule has 0 heterocycles. The highest BCUT2D eigenvalue weighted by atomic mass is 31.1. The largest absolute Gasteiger partial charge is 0.0622 e. The number of benzene rings is 6. The highest BCUT2D eigenvalue weighted by Crippen LogP contribution is 2.40. The van der Waals surface area contributed by atoms with E-state index in [1.165, 1.54) is 54.3 Å². The fraction of sp³-hybridized carbons (Fsp3) is 0.122. The molecule has 0 amide bonds. The van der Waals surface area contributed by atoms with Crippen molar-refractivity contribution in [3.05, 3.63) is 186 Å². The first kappa shape index (κ1) is 28.0. The standard InChI is InChI=1S/C41H36P2/c1-5-13-37(14-6-1)42(38-15-7-2-8-16-38)31-36-29-32-21-25-34(36)26-22-33-24-28-35(27-23-32)41(30-33)43(39-17-9-3-10-18-39)40-19-11-4-12-20-40/h1-21,24-25,28-30H,22-23,26-27,31H2. The van der Waals surface area contributed by atoms with Gasteiger partial charge in [0.05, 0.1) is 0 Å². The first-order valence-corrected chi connectivity index (χ1v) is 18.2. The number of hydrogen-bond acceptors (Lipinski definition) is 0. The van der Waals surface area contributed by atoms with Crippen LogP contribution >= 0.6 is 15.8 Å². The van der Waals surface area contributed by atoms with Gasteiger partial charge in [-0.15, -0.1) is 0 Å². The lowest BCUT2D eigenvalue weighted by Crippen LogP contribution is -2.24. The monoisotopic (exact) mass is 590 g/mol. The molecule has 6 aromatic carbocycles. The van der Waals surface area contributed by atoms with E-state index >= 15 is 0 Å². The maximum atomic E-state index is 2.55. The summed E-state index contributed by atoms with van der Waals surface area (Å²) in [6, 6.07) is 59.4. The zero-order valence-corrected chi connectivity index (χ0v) is 26.2. The predicted octanol–water partition coefficient (Wildman–Crippen LogP) is 7.96. The van der Waals surface area contributed by atoms with E-state index in [4.69, 9.17) is 0 Å². The molecule has 0 aliphatic heterocycles. The van der Waals surface area contributed by atoms with Crippen molar-refractivity contribution >= 4 is 42.4 Å². The molecule has 2 heteroatoms. The first-order chi connectivity index (χ1) is 21.3. The van der Waals surface area contributed by atoms with Gasteiger partial charge in [0.1, 0.15) is 0 Å². The van der Waals surface area contributed by atoms with Gasteiger partial charge in [-0.1, -0.05) is 158 Å². The summed E-state index contributed by atoms with van der Waals surface area (Å²) >= 11 is 0. The summed E-state index contributed by atoms with van der Waals surface area (Å²) in [5.41, 5.74) is 7.42. The summed E-state index contributed by atoms with van der Waals surface area (Å²) in [5, 5.41) is 7.29. The van der Waals surface area contributed by atoms with E-state index in [-0.39, 0.29) is 0 Å². The molecule has 10 rings (SSSR count). The van der Waals surface area contributed by atoms with Crippen molar-refractivity contribution in [2.24, 2.45) is 0 Å². The highest BCUT2D eigenvalue weighted by molar-refractivity contribution is 7.80. The van der Waals surface area contributed by atoms with Crippen LogP contribution in [-0.4, -0.2) is 0 Å². The molecule has 4 aliphatic carbocycles. The average Bonchev–Trinajstić information content (AvgIpc) is 3.07. The van der Waals surface area contributed by atoms with Crippen molar-refractivity contribution < 1.29 is 0 Å². The van der Waals surface area contributed by atoms with E-state index in [9.17, 15) is 0 Å². The van der Waals surface area contributed by atoms with Gasteiger partial charge in [0.15, 0.2) is 0 Å². The van der Waals surface area contributed by atoms with E-state index in [0.29, 0.717) is 0 Å². The third kappa shape index (κ3) is 6.43. The molecule has 43 heavy (non-hydrogen) atoms. The Bertz CT molecular complexity index is 1700. The zero-order chi connectivity index (χ0) is 28.8. The van der Waals surface area contributed by atoms with Crippen LogP contribution < -0.4 is 26.5 Å². The lowest BCUT2D eigenvalue weighted by atomic mass is 9.94. The molecule has 0 N–H and O–H groups in total. The Morgan fingerprint density at radius 3 is 1.37 bits per heavy atom. The summed E-state index contributed by atoms with van der Waals surface area (Å²) in [4.78, 5) is 0. The SMILES string of the molecule is c1ccc(P(Cc2cc3ccc2CCc2ccc(c(P(c4ccccc4)c4ccccc4)c2)CC3)c2ccccc2)cc1. The molecule has 0 aromatic heterocycles. The summed E-state index contributed by atoms with van der Waals surface area (Å²) < 4.78 is 0. The second kappa shape index (κ2) is 13.2. The Labute approximate surface area is 259 Å². The average molecular weight is 591 g/mol. The minimum atomic E-state index is -0.623. The predicted molar refractivity (Wildman–Crippen MR) is 189 cm³/mol. The maximum absolute atomic E-state index is 2.55. The number of aryl methyl sites for hydroxylation is 4. The Hall–Kier alpha value is -3.82. The van der Waals surface area contributed by atoms with Crippen molar-refractivity contribution in [2.45, 2.75) is 31.8 Å². The smallest absolute Gasteiger partial charge is 0.00103 e. The van der Waals surface area contributed by atoms with Crippen molar-refractivity contribution in [1.29, 1.82) is 0 Å². The Morgan fingerprint density at radius 1 is 0.395 bits per heavy atom. The summed E-state index contributed by atoms with van der Waals surface area (Å²) in [5.74, 6) is 0. The number of hydrogen-bond donors (Lipinski definition) is 0. The van der Waals surface area contributed by atoms with Crippen LogP contribution in [-0.2, 0) is 31.8 Å². The van der Waals surface area contributed by atoms with Gasteiger partial charge in [-0.25, -0.2) is 0 Å². The summed E-state index contributed by atoms with van der Waals surface area (Å²) in [6.07, 6.45) is 5.32. The lowest BCUT2D eigenvalue weighted by molar-refractivity contribution is 0.915. The van der Waals surface area contributed by atoms with Crippen LogP contribution in [0.3, 0.4) is 0 Å². The first-order valence-electron chi connectivity index (χ1n) is 15.3. The van der Waals surface area contributed by atoms with Gasteiger partial charge in [0.25, 0.3) is 0 Å². The van der Waals surface area contributed by atoms with Gasteiger partial charge in [0.2, 0.25) is 0 Å². The van der Waals surface area contributed by atoms with Crippen LogP contribution in [0.4, 0.5) is 0 Å². The third-order valence-corrected chi connectivity index (χ3v) is 13.5. The fourth-order valence-electron chi connectivity index (χ4n) is 6.27. The van der Waals surface area contributed by atoms with E-state index in [2.05, 4.69) is 158 Å². The Morgan fingerprint density at radius 2 is 0.837 bits per heavy atom. The molecule has 0 atom stereocenters. The quantitative estimate of drug-likeness (QED) is 0.166. The molecule has 4 bridgehead atoms. The molecule has 0 saturated carbocycles. The van der Waals surface area contributed by atoms with Gasteiger partial charge < -0.3 is 0 Å². The molecular formula is C41H36P2. The summed E-state index contributed by atoms with van der Waals surface area (Å²) in [7, 11) is -1.10. The van der Waals surface area contributed by atoms with Crippen molar-refractivity contribution in [3.8, 4) is 0 Å². The van der Waals surface area contributed by atoms with E-state index in [1.807, 2.05) is 0 Å². The van der Waals surface area contributed by atoms with Gasteiger partial charge >= 0.3 is 0 Å². The molecule has 210 valence electrons. The van der Waals surface area contributed by atoms with Crippen LogP contribution in [0.1, 0.15) is 27.8 Å². The van der Waals surface area contributed by atoms with Gasteiger partial charge in [-0.05, 0) is 95.9 Å². The van der Waals surface area contributed by atoms with Crippen LogP contribution in [0.5, 0.6) is 0 Å². The second-order valence-corrected chi connectivity index (χ2v) is 15.7. The maximum Gasteiger partial charge on any atom is 0.00103 e. The molecule has 0 saturated heterocycles. The zero-order valence-electron chi connectivity index (χ0n) is 24.4. The van der Waals surface area contributed by atoms with E-state index in [0.717, 1.165) is 31.8 Å². The molecule has 0 unspecified atom stereocenters. The van der Waals surface area contributed by atoms with E-state index < -0.39 is 15.8 Å². The molecular weight excluding hydrogens is 554 g/mol. The fourth-order valence-corrected chi connectivity index (χ4v) is 11.2. The summed E-state index contributed by atoms with van der Waals surface area (Å²) in [6.45, 7) is 0. The molecule has 6 aromatic rings. The third-order valence-electron chi connectivity index (χ3n) is 8.52. The van der Waals surface area contributed by atoms with Crippen molar-refractivity contribution in [1.82, 2.24) is 0 Å². The molecule has 0 radical (unpaired) electrons. The Balaban J connectivity index is 1.25. The Kier molecular flexibility index (Phi) is 8.60. The number of rotatable bonds is 7. The van der Waals surface area contributed by atoms with Gasteiger partial charge in [-0.2, -0.15) is 0 Å². The van der Waals surface area contributed by atoms with Crippen molar-refractivity contribution in [2.75, 3.05) is 0 Å².